The molecule has 0 bridgehead atoms. The molecule has 130 valence electrons. The molecule has 0 saturated heterocycles. The molecule has 0 aromatic heterocycles. The highest BCUT2D eigenvalue weighted by Crippen LogP contribution is 2.14. The molecule has 2 amide bonds. The average molecular weight is 355 g/mol. The van der Waals surface area contributed by atoms with Gasteiger partial charge in [-0.05, 0) is 48.5 Å². The highest BCUT2D eigenvalue weighted by Gasteiger charge is 2.05. The Kier molecular flexibility index (Phi) is 7.10. The first-order valence-corrected chi connectivity index (χ1v) is 8.52. The van der Waals surface area contributed by atoms with Gasteiger partial charge in [0.25, 0.3) is 0 Å². The number of anilines is 2. The molecule has 0 unspecified atom stereocenters. The molecular weight excluding hydrogens is 334 g/mol. The van der Waals surface area contributed by atoms with Crippen molar-refractivity contribution in [2.24, 2.45) is 0 Å². The van der Waals surface area contributed by atoms with Gasteiger partial charge in [-0.1, -0.05) is 37.3 Å². The summed E-state index contributed by atoms with van der Waals surface area (Å²) in [7, 11) is 0. The van der Waals surface area contributed by atoms with Crippen molar-refractivity contribution in [1.29, 1.82) is 0 Å². The Balaban J connectivity index is 1.84. The van der Waals surface area contributed by atoms with Crippen molar-refractivity contribution in [3.63, 3.8) is 0 Å². The van der Waals surface area contributed by atoms with Crippen LogP contribution in [0.2, 0.25) is 0 Å². The number of rotatable bonds is 6. The largest absolute Gasteiger partial charge is 0.332 e. The van der Waals surface area contributed by atoms with Crippen LogP contribution in [-0.4, -0.2) is 16.9 Å². The van der Waals surface area contributed by atoms with E-state index in [1.165, 1.54) is 0 Å². The van der Waals surface area contributed by atoms with Crippen LogP contribution in [0.15, 0.2) is 54.6 Å². The van der Waals surface area contributed by atoms with Crippen LogP contribution in [0.4, 0.5) is 11.4 Å². The third-order valence-electron chi connectivity index (χ3n) is 3.36. The molecule has 2 rings (SSSR count). The number of benzene rings is 2. The molecule has 2 aromatic rings. The fourth-order valence-electron chi connectivity index (χ4n) is 2.20. The standard InChI is InChI=1S/C19H21N3O2S/c1-2-6-17(23)22-19(25)21-16-11-9-15(10-12-16)20-18(24)13-14-7-4-3-5-8-14/h3-5,7-12H,2,6,13H2,1H3,(H,20,24)(H2,21,22,23,25). The normalized spacial score (nSPS) is 9.96. The number of nitrogens with one attached hydrogen (secondary N) is 3. The van der Waals surface area contributed by atoms with E-state index in [2.05, 4.69) is 16.0 Å². The van der Waals surface area contributed by atoms with Gasteiger partial charge in [0.2, 0.25) is 11.8 Å². The van der Waals surface area contributed by atoms with Gasteiger partial charge in [0.05, 0.1) is 6.42 Å². The first-order valence-electron chi connectivity index (χ1n) is 8.11. The van der Waals surface area contributed by atoms with Crippen LogP contribution in [0.3, 0.4) is 0 Å². The van der Waals surface area contributed by atoms with Gasteiger partial charge in [-0.2, -0.15) is 0 Å². The minimum atomic E-state index is -0.107. The SMILES string of the molecule is CCCC(=O)NC(=S)Nc1ccc(NC(=O)Cc2ccccc2)cc1. The van der Waals surface area contributed by atoms with Crippen molar-refractivity contribution in [3.05, 3.63) is 60.2 Å². The van der Waals surface area contributed by atoms with E-state index in [1.54, 1.807) is 24.3 Å². The Morgan fingerprint density at radius 2 is 1.48 bits per heavy atom. The van der Waals surface area contributed by atoms with Crippen molar-refractivity contribution in [3.8, 4) is 0 Å². The molecule has 5 nitrogen and oxygen atoms in total. The second kappa shape index (κ2) is 9.54. The van der Waals surface area contributed by atoms with E-state index in [0.717, 1.165) is 17.7 Å². The smallest absolute Gasteiger partial charge is 0.228 e. The van der Waals surface area contributed by atoms with Crippen molar-refractivity contribution in [2.75, 3.05) is 10.6 Å². The van der Waals surface area contributed by atoms with Gasteiger partial charge >= 0.3 is 0 Å². The summed E-state index contributed by atoms with van der Waals surface area (Å²) in [5.41, 5.74) is 2.40. The Labute approximate surface area is 152 Å². The maximum absolute atomic E-state index is 12.0. The summed E-state index contributed by atoms with van der Waals surface area (Å²) in [6, 6.07) is 16.7. The number of amides is 2. The van der Waals surface area contributed by atoms with Gasteiger partial charge in [0.1, 0.15) is 0 Å². The molecule has 0 aliphatic carbocycles. The van der Waals surface area contributed by atoms with Crippen LogP contribution < -0.4 is 16.0 Å². The summed E-state index contributed by atoms with van der Waals surface area (Å²) < 4.78 is 0. The number of hydrogen-bond acceptors (Lipinski definition) is 3. The maximum Gasteiger partial charge on any atom is 0.228 e. The van der Waals surface area contributed by atoms with Crippen molar-refractivity contribution in [2.45, 2.75) is 26.2 Å². The molecule has 6 heteroatoms. The molecule has 0 saturated carbocycles. The zero-order chi connectivity index (χ0) is 18.1. The number of carbonyl (C=O) groups excluding carboxylic acids is 2. The van der Waals surface area contributed by atoms with Crippen molar-refractivity contribution < 1.29 is 9.59 Å². The van der Waals surface area contributed by atoms with E-state index in [9.17, 15) is 9.59 Å². The van der Waals surface area contributed by atoms with Crippen molar-refractivity contribution >= 4 is 40.5 Å². The predicted octanol–water partition coefficient (Wildman–Crippen LogP) is 3.48. The van der Waals surface area contributed by atoms with E-state index in [4.69, 9.17) is 12.2 Å². The summed E-state index contributed by atoms with van der Waals surface area (Å²) in [6.07, 6.45) is 1.54. The molecule has 0 atom stereocenters. The number of thiocarbonyl (C=S) groups is 1. The van der Waals surface area contributed by atoms with Crippen LogP contribution >= 0.6 is 12.2 Å². The molecule has 0 spiro atoms. The quantitative estimate of drug-likeness (QED) is 0.694. The molecule has 3 N–H and O–H groups in total. The Morgan fingerprint density at radius 1 is 0.880 bits per heavy atom. The second-order valence-corrected chi connectivity index (χ2v) is 5.95. The van der Waals surface area contributed by atoms with E-state index in [1.807, 2.05) is 37.3 Å². The van der Waals surface area contributed by atoms with Gasteiger partial charge in [-0.25, -0.2) is 0 Å². The molecule has 0 radical (unpaired) electrons. The summed E-state index contributed by atoms with van der Waals surface area (Å²) in [4.78, 5) is 23.5. The van der Waals surface area contributed by atoms with Crippen LogP contribution in [0, 0.1) is 0 Å². The third kappa shape index (κ3) is 6.73. The zero-order valence-electron chi connectivity index (χ0n) is 14.0. The van der Waals surface area contributed by atoms with Gasteiger partial charge in [-0.15, -0.1) is 0 Å². The summed E-state index contributed by atoms with van der Waals surface area (Å²) in [5.74, 6) is -0.181. The zero-order valence-corrected chi connectivity index (χ0v) is 14.9. The van der Waals surface area contributed by atoms with E-state index in [-0.39, 0.29) is 16.9 Å². The van der Waals surface area contributed by atoms with Crippen LogP contribution in [-0.2, 0) is 16.0 Å². The van der Waals surface area contributed by atoms with Gasteiger partial charge in [-0.3, -0.25) is 9.59 Å². The topological polar surface area (TPSA) is 70.2 Å². The predicted molar refractivity (Wildman–Crippen MR) is 104 cm³/mol. The maximum atomic E-state index is 12.0. The Hall–Kier alpha value is -2.73. The summed E-state index contributed by atoms with van der Waals surface area (Å²) in [6.45, 7) is 1.93. The molecule has 0 heterocycles. The summed E-state index contributed by atoms with van der Waals surface area (Å²) >= 11 is 5.09. The Bertz CT molecular complexity index is 730. The lowest BCUT2D eigenvalue weighted by molar-refractivity contribution is -0.119. The highest BCUT2D eigenvalue weighted by molar-refractivity contribution is 7.80. The monoisotopic (exact) mass is 355 g/mol. The number of carbonyl (C=O) groups is 2. The molecule has 25 heavy (non-hydrogen) atoms. The lowest BCUT2D eigenvalue weighted by atomic mass is 10.1. The average Bonchev–Trinajstić information content (AvgIpc) is 2.57. The van der Waals surface area contributed by atoms with Gasteiger partial charge in [0, 0.05) is 17.8 Å². The summed E-state index contributed by atoms with van der Waals surface area (Å²) in [5, 5.41) is 8.67. The second-order valence-electron chi connectivity index (χ2n) is 5.54. The highest BCUT2D eigenvalue weighted by atomic mass is 32.1. The lowest BCUT2D eigenvalue weighted by Crippen LogP contribution is -2.33. The minimum absolute atomic E-state index is 0.0748. The van der Waals surface area contributed by atoms with E-state index >= 15 is 0 Å². The first kappa shape index (κ1) is 18.6. The fourth-order valence-corrected chi connectivity index (χ4v) is 2.43. The molecule has 2 aromatic carbocycles. The van der Waals surface area contributed by atoms with Crippen LogP contribution in [0.1, 0.15) is 25.3 Å². The molecule has 0 fully saturated rings. The minimum Gasteiger partial charge on any atom is -0.332 e. The van der Waals surface area contributed by atoms with Crippen LogP contribution in [0.25, 0.3) is 0 Å². The Morgan fingerprint density at radius 3 is 2.08 bits per heavy atom. The van der Waals surface area contributed by atoms with E-state index in [0.29, 0.717) is 18.5 Å². The first-order chi connectivity index (χ1) is 12.1. The molecule has 0 aliphatic heterocycles. The molecular formula is C19H21N3O2S. The number of hydrogen-bond donors (Lipinski definition) is 3. The van der Waals surface area contributed by atoms with Gasteiger partial charge in [0.15, 0.2) is 5.11 Å². The van der Waals surface area contributed by atoms with Crippen LogP contribution in [0.5, 0.6) is 0 Å². The third-order valence-corrected chi connectivity index (χ3v) is 3.57. The van der Waals surface area contributed by atoms with E-state index < -0.39 is 0 Å². The van der Waals surface area contributed by atoms with Gasteiger partial charge < -0.3 is 16.0 Å². The van der Waals surface area contributed by atoms with Crippen molar-refractivity contribution in [1.82, 2.24) is 5.32 Å². The fraction of sp³-hybridized carbons (Fsp3) is 0.211. The lowest BCUT2D eigenvalue weighted by Gasteiger charge is -2.10. The molecule has 0 aliphatic rings.